The Hall–Kier alpha value is -1.59. The molecule has 6 heteroatoms. The molecule has 73 heavy (non-hydrogen) atoms. The van der Waals surface area contributed by atoms with Gasteiger partial charge in [-0.2, -0.15) is 0 Å². The predicted octanol–water partition coefficient (Wildman–Crippen LogP) is 22.5. The van der Waals surface area contributed by atoms with Crippen LogP contribution in [0.15, 0.2) is 0 Å². The zero-order chi connectivity index (χ0) is 53.0. The number of unbranched alkanes of at least 4 members (excludes halogenated alkanes) is 48. The Balaban J connectivity index is 4.25. The van der Waals surface area contributed by atoms with Crippen molar-refractivity contribution < 1.29 is 28.6 Å². The third kappa shape index (κ3) is 59.5. The van der Waals surface area contributed by atoms with Gasteiger partial charge in [-0.1, -0.05) is 349 Å². The summed E-state index contributed by atoms with van der Waals surface area (Å²) in [5, 5.41) is 0. The molecule has 0 aromatic carbocycles. The highest BCUT2D eigenvalue weighted by Crippen LogP contribution is 2.19. The summed E-state index contributed by atoms with van der Waals surface area (Å²) in [6, 6.07) is 0. The Kier molecular flexibility index (Phi) is 59.9. The van der Waals surface area contributed by atoms with E-state index in [2.05, 4.69) is 27.7 Å². The van der Waals surface area contributed by atoms with E-state index in [1.54, 1.807) is 0 Å². The van der Waals surface area contributed by atoms with Crippen molar-refractivity contribution in [1.29, 1.82) is 0 Å². The highest BCUT2D eigenvalue weighted by molar-refractivity contribution is 5.71. The van der Waals surface area contributed by atoms with Gasteiger partial charge in [-0.05, 0) is 25.2 Å². The molecule has 0 aliphatic carbocycles. The summed E-state index contributed by atoms with van der Waals surface area (Å²) in [6.07, 6.45) is 69.6. The molecule has 0 spiro atoms. The van der Waals surface area contributed by atoms with Crippen LogP contribution < -0.4 is 0 Å². The second kappa shape index (κ2) is 61.3. The third-order valence-electron chi connectivity index (χ3n) is 15.9. The average molecular weight is 1030 g/mol. The van der Waals surface area contributed by atoms with Crippen LogP contribution in [-0.4, -0.2) is 37.2 Å². The van der Waals surface area contributed by atoms with Gasteiger partial charge in [0.2, 0.25) is 0 Å². The van der Waals surface area contributed by atoms with E-state index in [0.29, 0.717) is 19.3 Å². The van der Waals surface area contributed by atoms with Crippen LogP contribution >= 0.6 is 0 Å². The Morgan fingerprint density at radius 1 is 0.274 bits per heavy atom. The van der Waals surface area contributed by atoms with Crippen LogP contribution in [0.3, 0.4) is 0 Å². The van der Waals surface area contributed by atoms with Crippen molar-refractivity contribution in [3.8, 4) is 0 Å². The monoisotopic (exact) mass is 1030 g/mol. The molecule has 0 heterocycles. The minimum Gasteiger partial charge on any atom is -0.462 e. The molecule has 0 fully saturated rings. The first-order chi connectivity index (χ1) is 35.9. The fraction of sp³-hybridized carbons (Fsp3) is 0.955. The maximum absolute atomic E-state index is 12.9. The van der Waals surface area contributed by atoms with E-state index in [-0.39, 0.29) is 31.1 Å². The molecule has 0 radical (unpaired) electrons. The second-order valence-electron chi connectivity index (χ2n) is 23.4. The Labute approximate surface area is 457 Å². The molecule has 0 bridgehead atoms. The van der Waals surface area contributed by atoms with Crippen molar-refractivity contribution in [2.75, 3.05) is 13.2 Å². The average Bonchev–Trinajstić information content (AvgIpc) is 3.39. The van der Waals surface area contributed by atoms with E-state index < -0.39 is 6.10 Å². The fourth-order valence-electron chi connectivity index (χ4n) is 10.5. The van der Waals surface area contributed by atoms with Crippen LogP contribution in [-0.2, 0) is 28.6 Å². The Bertz CT molecular complexity index is 1110. The van der Waals surface area contributed by atoms with Crippen LogP contribution in [0.2, 0.25) is 0 Å². The topological polar surface area (TPSA) is 78.9 Å². The zero-order valence-corrected chi connectivity index (χ0v) is 50.1. The molecule has 0 amide bonds. The number of ether oxygens (including phenoxy) is 3. The van der Waals surface area contributed by atoms with E-state index in [0.717, 1.165) is 63.7 Å². The smallest absolute Gasteiger partial charge is 0.306 e. The Morgan fingerprint density at radius 2 is 0.479 bits per heavy atom. The number of carbonyl (C=O) groups is 3. The van der Waals surface area contributed by atoms with Gasteiger partial charge >= 0.3 is 17.9 Å². The van der Waals surface area contributed by atoms with Gasteiger partial charge in [-0.15, -0.1) is 0 Å². The van der Waals surface area contributed by atoms with Gasteiger partial charge < -0.3 is 14.2 Å². The number of rotatable bonds is 62. The number of esters is 3. The van der Waals surface area contributed by atoms with Crippen LogP contribution in [0.5, 0.6) is 0 Å². The molecule has 1 unspecified atom stereocenters. The van der Waals surface area contributed by atoms with Gasteiger partial charge in [0.15, 0.2) is 6.10 Å². The van der Waals surface area contributed by atoms with Crippen LogP contribution in [0.1, 0.15) is 387 Å². The highest BCUT2D eigenvalue weighted by Gasteiger charge is 2.19. The number of hydrogen-bond acceptors (Lipinski definition) is 6. The normalized spacial score (nSPS) is 12.3. The number of hydrogen-bond donors (Lipinski definition) is 0. The largest absolute Gasteiger partial charge is 0.462 e. The minimum atomic E-state index is -0.763. The summed E-state index contributed by atoms with van der Waals surface area (Å²) in [4.78, 5) is 38.3. The molecule has 0 aliphatic rings. The van der Waals surface area contributed by atoms with Crippen LogP contribution in [0, 0.1) is 5.92 Å². The van der Waals surface area contributed by atoms with Crippen molar-refractivity contribution in [3.63, 3.8) is 0 Å². The van der Waals surface area contributed by atoms with E-state index in [1.165, 1.54) is 283 Å². The lowest BCUT2D eigenvalue weighted by atomic mass is 9.99. The quantitative estimate of drug-likeness (QED) is 0.0343. The van der Waals surface area contributed by atoms with Gasteiger partial charge in [0.05, 0.1) is 0 Å². The first kappa shape index (κ1) is 71.4. The summed E-state index contributed by atoms with van der Waals surface area (Å²) < 4.78 is 17.0. The van der Waals surface area contributed by atoms with Crippen LogP contribution in [0.4, 0.5) is 0 Å². The molecule has 0 saturated heterocycles. The lowest BCUT2D eigenvalue weighted by Crippen LogP contribution is -2.30. The minimum absolute atomic E-state index is 0.0608. The summed E-state index contributed by atoms with van der Waals surface area (Å²) in [5.74, 6) is 0.0847. The molecule has 6 nitrogen and oxygen atoms in total. The van der Waals surface area contributed by atoms with E-state index in [1.807, 2.05) is 0 Å². The Morgan fingerprint density at radius 3 is 0.712 bits per heavy atom. The molecule has 0 aromatic heterocycles. The first-order valence-corrected chi connectivity index (χ1v) is 33.4. The van der Waals surface area contributed by atoms with Crippen LogP contribution in [0.25, 0.3) is 0 Å². The second-order valence-corrected chi connectivity index (χ2v) is 23.4. The molecule has 0 N–H and O–H groups in total. The standard InChI is InChI=1S/C67H130O6/c1-5-8-10-12-14-16-18-20-22-23-24-28-31-35-39-43-47-51-55-59-66(69)72-62-64(61-71-65(68)58-54-50-46-42-38-34-21-19-17-15-13-11-9-6-2)73-67(70)60-56-52-48-44-40-36-32-29-26-25-27-30-33-37-41-45-49-53-57-63(4)7-3/h63-64H,5-62H2,1-4H3/t63?,64-/m1/s1. The third-order valence-corrected chi connectivity index (χ3v) is 15.9. The summed E-state index contributed by atoms with van der Waals surface area (Å²) in [5.41, 5.74) is 0. The summed E-state index contributed by atoms with van der Waals surface area (Å²) in [6.45, 7) is 9.14. The first-order valence-electron chi connectivity index (χ1n) is 33.4. The maximum atomic E-state index is 12.9. The zero-order valence-electron chi connectivity index (χ0n) is 50.1. The van der Waals surface area contributed by atoms with Gasteiger partial charge in [0.25, 0.3) is 0 Å². The van der Waals surface area contributed by atoms with E-state index in [4.69, 9.17) is 14.2 Å². The molecule has 0 rings (SSSR count). The highest BCUT2D eigenvalue weighted by atomic mass is 16.6. The summed E-state index contributed by atoms with van der Waals surface area (Å²) >= 11 is 0. The van der Waals surface area contributed by atoms with Crippen molar-refractivity contribution >= 4 is 17.9 Å². The van der Waals surface area contributed by atoms with Crippen molar-refractivity contribution in [1.82, 2.24) is 0 Å². The molecule has 434 valence electrons. The molecule has 2 atom stereocenters. The molecule has 0 saturated carbocycles. The van der Waals surface area contributed by atoms with Gasteiger partial charge in [0, 0.05) is 19.3 Å². The van der Waals surface area contributed by atoms with Gasteiger partial charge in [-0.25, -0.2) is 0 Å². The SMILES string of the molecule is CCCCCCCCCCCCCCCCCCCCCC(=O)OC[C@@H](COC(=O)CCCCCCCCCCCCCCCC)OC(=O)CCCCCCCCCCCCCCCCCCCCC(C)CC. The van der Waals surface area contributed by atoms with Gasteiger partial charge in [-0.3, -0.25) is 14.4 Å². The molecular weight excluding hydrogens is 901 g/mol. The lowest BCUT2D eigenvalue weighted by Gasteiger charge is -2.18. The lowest BCUT2D eigenvalue weighted by molar-refractivity contribution is -0.167. The molecule has 0 aromatic rings. The predicted molar refractivity (Wildman–Crippen MR) is 317 cm³/mol. The van der Waals surface area contributed by atoms with Gasteiger partial charge in [0.1, 0.15) is 13.2 Å². The van der Waals surface area contributed by atoms with Crippen molar-refractivity contribution in [2.45, 2.75) is 393 Å². The van der Waals surface area contributed by atoms with E-state index >= 15 is 0 Å². The van der Waals surface area contributed by atoms with E-state index in [9.17, 15) is 14.4 Å². The fourth-order valence-corrected chi connectivity index (χ4v) is 10.5. The van der Waals surface area contributed by atoms with Crippen molar-refractivity contribution in [2.24, 2.45) is 5.92 Å². The molecule has 0 aliphatic heterocycles. The van der Waals surface area contributed by atoms with Crippen molar-refractivity contribution in [3.05, 3.63) is 0 Å². The number of carbonyl (C=O) groups excluding carboxylic acids is 3. The summed E-state index contributed by atoms with van der Waals surface area (Å²) in [7, 11) is 0. The maximum Gasteiger partial charge on any atom is 0.306 e. The molecular formula is C67H130O6.